The molecule has 5 heteroatoms. The van der Waals surface area contributed by atoms with Gasteiger partial charge in [-0.2, -0.15) is 0 Å². The Morgan fingerprint density at radius 2 is 1.94 bits per heavy atom. The first kappa shape index (κ1) is 11.4. The first-order chi connectivity index (χ1) is 8.22. The van der Waals surface area contributed by atoms with E-state index in [-0.39, 0.29) is 5.82 Å². The maximum atomic E-state index is 13.7. The lowest BCUT2D eigenvalue weighted by Crippen LogP contribution is -2.06. The monoisotopic (exact) mass is 232 g/mol. The van der Waals surface area contributed by atoms with Gasteiger partial charge in [0.05, 0.1) is 5.69 Å². The van der Waals surface area contributed by atoms with Crippen LogP contribution in [0.2, 0.25) is 0 Å². The Morgan fingerprint density at radius 3 is 2.59 bits per heavy atom. The highest BCUT2D eigenvalue weighted by Crippen LogP contribution is 2.20. The zero-order chi connectivity index (χ0) is 12.3. The molecule has 0 fully saturated rings. The van der Waals surface area contributed by atoms with Gasteiger partial charge in [-0.25, -0.2) is 14.4 Å². The minimum absolute atomic E-state index is 0.242. The van der Waals surface area contributed by atoms with E-state index in [1.165, 1.54) is 0 Å². The van der Waals surface area contributed by atoms with Crippen molar-refractivity contribution in [3.05, 3.63) is 36.0 Å². The van der Waals surface area contributed by atoms with Gasteiger partial charge in [0.25, 0.3) is 0 Å². The van der Waals surface area contributed by atoms with Gasteiger partial charge in [0.2, 0.25) is 0 Å². The van der Waals surface area contributed by atoms with Crippen LogP contribution >= 0.6 is 0 Å². The number of anilines is 1. The SMILES string of the molecule is CCNc1nc(-c2ccncc2)nc(C)c1F. The van der Waals surface area contributed by atoms with Crippen LogP contribution in [0.25, 0.3) is 11.4 Å². The van der Waals surface area contributed by atoms with Gasteiger partial charge in [-0.3, -0.25) is 4.98 Å². The number of aryl methyl sites for hydroxylation is 1. The fourth-order valence-corrected chi connectivity index (χ4v) is 1.47. The number of aromatic nitrogens is 3. The maximum absolute atomic E-state index is 13.7. The fourth-order valence-electron chi connectivity index (χ4n) is 1.47. The van der Waals surface area contributed by atoms with Crippen molar-refractivity contribution in [3.63, 3.8) is 0 Å². The Labute approximate surface area is 99.0 Å². The summed E-state index contributed by atoms with van der Waals surface area (Å²) < 4.78 is 13.7. The van der Waals surface area contributed by atoms with E-state index in [4.69, 9.17) is 0 Å². The molecule has 0 atom stereocenters. The molecule has 0 spiro atoms. The molecule has 0 saturated carbocycles. The van der Waals surface area contributed by atoms with E-state index in [2.05, 4.69) is 20.3 Å². The Bertz CT molecular complexity index is 513. The van der Waals surface area contributed by atoms with Crippen LogP contribution in [0.5, 0.6) is 0 Å². The molecule has 2 aromatic rings. The summed E-state index contributed by atoms with van der Waals surface area (Å²) in [5.41, 5.74) is 1.16. The fraction of sp³-hybridized carbons (Fsp3) is 0.250. The van der Waals surface area contributed by atoms with E-state index in [1.54, 1.807) is 31.5 Å². The highest BCUT2D eigenvalue weighted by Gasteiger charge is 2.11. The smallest absolute Gasteiger partial charge is 0.186 e. The minimum Gasteiger partial charge on any atom is -0.368 e. The van der Waals surface area contributed by atoms with E-state index in [0.717, 1.165) is 5.56 Å². The van der Waals surface area contributed by atoms with E-state index < -0.39 is 5.82 Å². The standard InChI is InChI=1S/C12H13FN4/c1-3-15-12-10(13)8(2)16-11(17-12)9-4-6-14-7-5-9/h4-7H,3H2,1-2H3,(H,15,16,17). The van der Waals surface area contributed by atoms with Crippen LogP contribution in [0.1, 0.15) is 12.6 Å². The van der Waals surface area contributed by atoms with Crippen molar-refractivity contribution in [2.75, 3.05) is 11.9 Å². The molecule has 0 saturated heterocycles. The molecule has 0 amide bonds. The van der Waals surface area contributed by atoms with Gasteiger partial charge in [-0.15, -0.1) is 0 Å². The van der Waals surface area contributed by atoms with Crippen LogP contribution in [-0.4, -0.2) is 21.5 Å². The molecule has 0 unspecified atom stereocenters. The van der Waals surface area contributed by atoms with Crippen LogP contribution in [0, 0.1) is 12.7 Å². The van der Waals surface area contributed by atoms with Gasteiger partial charge in [0, 0.05) is 24.5 Å². The lowest BCUT2D eigenvalue weighted by atomic mass is 10.2. The highest BCUT2D eigenvalue weighted by atomic mass is 19.1. The summed E-state index contributed by atoms with van der Waals surface area (Å²) in [5.74, 6) is 0.346. The van der Waals surface area contributed by atoms with Crippen molar-refractivity contribution in [2.24, 2.45) is 0 Å². The number of nitrogens with one attached hydrogen (secondary N) is 1. The Kier molecular flexibility index (Phi) is 3.27. The quantitative estimate of drug-likeness (QED) is 0.883. The molecule has 2 aromatic heterocycles. The molecule has 0 aliphatic rings. The van der Waals surface area contributed by atoms with Crippen molar-refractivity contribution in [1.82, 2.24) is 15.0 Å². The van der Waals surface area contributed by atoms with Crippen LogP contribution in [0.15, 0.2) is 24.5 Å². The van der Waals surface area contributed by atoms with E-state index >= 15 is 0 Å². The molecule has 2 rings (SSSR count). The largest absolute Gasteiger partial charge is 0.368 e. The topological polar surface area (TPSA) is 50.7 Å². The second-order valence-corrected chi connectivity index (χ2v) is 3.56. The molecule has 1 N–H and O–H groups in total. The number of halogens is 1. The molecule has 2 heterocycles. The molecule has 17 heavy (non-hydrogen) atoms. The summed E-state index contributed by atoms with van der Waals surface area (Å²) in [6.45, 7) is 4.13. The molecule has 0 bridgehead atoms. The zero-order valence-corrected chi connectivity index (χ0v) is 9.74. The third-order valence-corrected chi connectivity index (χ3v) is 2.30. The van der Waals surface area contributed by atoms with Crippen molar-refractivity contribution in [3.8, 4) is 11.4 Å². The van der Waals surface area contributed by atoms with Gasteiger partial charge in [0.1, 0.15) is 0 Å². The second-order valence-electron chi connectivity index (χ2n) is 3.56. The maximum Gasteiger partial charge on any atom is 0.186 e. The van der Waals surface area contributed by atoms with Crippen molar-refractivity contribution in [1.29, 1.82) is 0 Å². The van der Waals surface area contributed by atoms with E-state index in [1.807, 2.05) is 6.92 Å². The van der Waals surface area contributed by atoms with Crippen molar-refractivity contribution >= 4 is 5.82 Å². The average Bonchev–Trinajstić information content (AvgIpc) is 2.36. The number of pyridine rings is 1. The first-order valence-corrected chi connectivity index (χ1v) is 5.40. The summed E-state index contributed by atoms with van der Waals surface area (Å²) in [6, 6.07) is 3.59. The molecular formula is C12H13FN4. The number of nitrogens with zero attached hydrogens (tertiary/aromatic N) is 3. The van der Waals surface area contributed by atoms with E-state index in [0.29, 0.717) is 18.1 Å². The summed E-state index contributed by atoms with van der Waals surface area (Å²) in [5, 5.41) is 2.89. The summed E-state index contributed by atoms with van der Waals surface area (Å²) in [4.78, 5) is 12.2. The summed E-state index contributed by atoms with van der Waals surface area (Å²) in [7, 11) is 0. The Balaban J connectivity index is 2.49. The minimum atomic E-state index is -0.398. The predicted molar refractivity (Wildman–Crippen MR) is 64.1 cm³/mol. The van der Waals surface area contributed by atoms with Gasteiger partial charge in [-0.1, -0.05) is 0 Å². The molecular weight excluding hydrogens is 219 g/mol. The van der Waals surface area contributed by atoms with Gasteiger partial charge in [-0.05, 0) is 26.0 Å². The second kappa shape index (κ2) is 4.86. The van der Waals surface area contributed by atoms with Crippen LogP contribution in [-0.2, 0) is 0 Å². The van der Waals surface area contributed by atoms with E-state index in [9.17, 15) is 4.39 Å². The summed E-state index contributed by atoms with van der Waals surface area (Å²) >= 11 is 0. The highest BCUT2D eigenvalue weighted by molar-refractivity contribution is 5.57. The predicted octanol–water partition coefficient (Wildman–Crippen LogP) is 2.42. The van der Waals surface area contributed by atoms with Crippen molar-refractivity contribution in [2.45, 2.75) is 13.8 Å². The lowest BCUT2D eigenvalue weighted by molar-refractivity contribution is 0.606. The lowest BCUT2D eigenvalue weighted by Gasteiger charge is -2.08. The zero-order valence-electron chi connectivity index (χ0n) is 9.74. The van der Waals surface area contributed by atoms with Crippen molar-refractivity contribution < 1.29 is 4.39 Å². The number of hydrogen-bond acceptors (Lipinski definition) is 4. The van der Waals surface area contributed by atoms with Crippen LogP contribution in [0.4, 0.5) is 10.2 Å². The van der Waals surface area contributed by atoms with Gasteiger partial charge in [0.15, 0.2) is 17.5 Å². The molecule has 0 radical (unpaired) electrons. The molecule has 0 aliphatic heterocycles. The third kappa shape index (κ3) is 2.38. The van der Waals surface area contributed by atoms with Gasteiger partial charge < -0.3 is 5.32 Å². The average molecular weight is 232 g/mol. The number of hydrogen-bond donors (Lipinski definition) is 1. The Hall–Kier alpha value is -2.04. The molecule has 88 valence electrons. The van der Waals surface area contributed by atoms with Crippen LogP contribution < -0.4 is 5.32 Å². The van der Waals surface area contributed by atoms with Gasteiger partial charge >= 0.3 is 0 Å². The summed E-state index contributed by atoms with van der Waals surface area (Å²) in [6.07, 6.45) is 3.31. The number of rotatable bonds is 3. The Morgan fingerprint density at radius 1 is 1.24 bits per heavy atom. The molecule has 4 nitrogen and oxygen atoms in total. The third-order valence-electron chi connectivity index (χ3n) is 2.30. The van der Waals surface area contributed by atoms with Crippen LogP contribution in [0.3, 0.4) is 0 Å². The molecule has 0 aromatic carbocycles. The normalized spacial score (nSPS) is 10.3. The molecule has 0 aliphatic carbocycles. The first-order valence-electron chi connectivity index (χ1n) is 5.40.